The second kappa shape index (κ2) is 11.2. The maximum absolute atomic E-state index is 12.9. The van der Waals surface area contributed by atoms with Crippen molar-refractivity contribution < 1.29 is 31.1 Å². The predicted octanol–water partition coefficient (Wildman–Crippen LogP) is 5.09. The molecule has 7 nitrogen and oxygen atoms in total. The van der Waals surface area contributed by atoms with E-state index in [-0.39, 0.29) is 34.8 Å². The monoisotopic (exact) mass is 587 g/mol. The van der Waals surface area contributed by atoms with Gasteiger partial charge in [-0.3, -0.25) is 4.79 Å². The number of nitrogens with one attached hydrogen (secondary N) is 2. The number of pyridine rings is 1. The second-order valence-corrected chi connectivity index (χ2v) is 12.8. The number of rotatable bonds is 11. The Morgan fingerprint density at radius 3 is 2.45 bits per heavy atom. The fraction of sp³-hybridized carbons (Fsp3) is 0.360. The number of alkyl halides is 3. The molecule has 0 unspecified atom stereocenters. The maximum Gasteiger partial charge on any atom is 0.416 e. The Kier molecular flexibility index (Phi) is 8.36. The molecule has 1 fully saturated rings. The van der Waals surface area contributed by atoms with Crippen molar-refractivity contribution in [2.75, 3.05) is 18.9 Å². The average Bonchev–Trinajstić information content (AvgIpc) is 3.52. The number of nitrogens with zero attached hydrogens (tertiary/aromatic N) is 1. The van der Waals surface area contributed by atoms with Crippen LogP contribution in [-0.4, -0.2) is 43.8 Å². The molecule has 3 aromatic rings. The molecule has 0 aliphatic heterocycles. The average molecular weight is 588 g/mol. The van der Waals surface area contributed by atoms with Crippen LogP contribution in [0.5, 0.6) is 5.88 Å². The van der Waals surface area contributed by atoms with Gasteiger partial charge in [0.05, 0.1) is 33.5 Å². The van der Waals surface area contributed by atoms with Crippen LogP contribution < -0.4 is 15.4 Å². The van der Waals surface area contributed by atoms with Crippen molar-refractivity contribution in [2.45, 2.75) is 42.2 Å². The zero-order chi connectivity index (χ0) is 27.6. The lowest BCUT2D eigenvalue weighted by atomic mass is 10.1. The Morgan fingerprint density at radius 1 is 1.16 bits per heavy atom. The third-order valence-corrected chi connectivity index (χ3v) is 9.52. The highest BCUT2D eigenvalue weighted by atomic mass is 35.5. The van der Waals surface area contributed by atoms with E-state index in [4.69, 9.17) is 16.3 Å². The van der Waals surface area contributed by atoms with Crippen molar-refractivity contribution in [3.05, 3.63) is 64.0 Å². The van der Waals surface area contributed by atoms with Gasteiger partial charge in [-0.05, 0) is 55.7 Å². The van der Waals surface area contributed by atoms with Crippen molar-refractivity contribution >= 4 is 38.7 Å². The van der Waals surface area contributed by atoms with Gasteiger partial charge in [-0.1, -0.05) is 23.7 Å². The molecule has 2 aromatic heterocycles. The van der Waals surface area contributed by atoms with Gasteiger partial charge >= 0.3 is 6.18 Å². The van der Waals surface area contributed by atoms with Gasteiger partial charge in [0.2, 0.25) is 11.8 Å². The van der Waals surface area contributed by atoms with E-state index in [0.29, 0.717) is 40.6 Å². The number of thiophene rings is 1. The first-order chi connectivity index (χ1) is 17.9. The molecule has 38 heavy (non-hydrogen) atoms. The van der Waals surface area contributed by atoms with Crippen molar-refractivity contribution in [2.24, 2.45) is 0 Å². The van der Waals surface area contributed by atoms with Crippen molar-refractivity contribution in [3.63, 3.8) is 0 Å². The molecule has 1 aromatic carbocycles. The first-order valence-corrected chi connectivity index (χ1v) is 14.6. The molecule has 4 rings (SSSR count). The van der Waals surface area contributed by atoms with E-state index in [2.05, 4.69) is 15.6 Å². The van der Waals surface area contributed by atoms with Gasteiger partial charge in [0.1, 0.15) is 4.21 Å². The highest BCUT2D eigenvalue weighted by Crippen LogP contribution is 2.36. The molecule has 2 N–H and O–H groups in total. The van der Waals surface area contributed by atoms with E-state index in [1.54, 1.807) is 19.1 Å². The van der Waals surface area contributed by atoms with Gasteiger partial charge in [0.25, 0.3) is 0 Å². The lowest BCUT2D eigenvalue weighted by molar-refractivity contribution is -0.137. The molecule has 1 saturated carbocycles. The highest BCUT2D eigenvalue weighted by molar-refractivity contribution is 7.93. The van der Waals surface area contributed by atoms with Gasteiger partial charge in [-0.25, -0.2) is 13.4 Å². The highest BCUT2D eigenvalue weighted by Gasteiger charge is 2.49. The van der Waals surface area contributed by atoms with Gasteiger partial charge in [-0.2, -0.15) is 13.2 Å². The van der Waals surface area contributed by atoms with Crippen LogP contribution in [0.1, 0.15) is 30.9 Å². The summed E-state index contributed by atoms with van der Waals surface area (Å²) in [6.07, 6.45) is -3.30. The molecule has 0 atom stereocenters. The van der Waals surface area contributed by atoms with Crippen LogP contribution in [0.25, 0.3) is 11.3 Å². The van der Waals surface area contributed by atoms with Crippen LogP contribution in [0.3, 0.4) is 0 Å². The Hall–Kier alpha value is -2.67. The predicted molar refractivity (Wildman–Crippen MR) is 139 cm³/mol. The zero-order valence-corrected chi connectivity index (χ0v) is 22.7. The van der Waals surface area contributed by atoms with Crippen LogP contribution in [0.15, 0.2) is 52.7 Å². The number of sulfone groups is 1. The van der Waals surface area contributed by atoms with E-state index >= 15 is 0 Å². The van der Waals surface area contributed by atoms with E-state index in [9.17, 15) is 26.4 Å². The quantitative estimate of drug-likeness (QED) is 0.324. The van der Waals surface area contributed by atoms with Gasteiger partial charge in [-0.15, -0.1) is 11.3 Å². The standard InChI is InChI=1S/C25H25ClF3N3O4S2/c1-2-36-21-14-16(13-19(32-21)17-3-5-18(6-4-17)25(27,28)29)15-30-23(33)24(9-10-24)31-11-12-38(34,35)22-8-7-20(26)37-22/h3-8,13-14,31H,2,9-12,15H2,1H3,(H,30,33). The van der Waals surface area contributed by atoms with E-state index in [1.807, 2.05) is 0 Å². The lowest BCUT2D eigenvalue weighted by Crippen LogP contribution is -2.47. The molecule has 1 aliphatic rings. The third-order valence-electron chi connectivity index (χ3n) is 5.99. The lowest BCUT2D eigenvalue weighted by Gasteiger charge is -2.18. The van der Waals surface area contributed by atoms with Gasteiger partial charge < -0.3 is 15.4 Å². The van der Waals surface area contributed by atoms with Gasteiger partial charge in [0.15, 0.2) is 9.84 Å². The summed E-state index contributed by atoms with van der Waals surface area (Å²) in [6, 6.07) is 11.0. The number of hydrogen-bond acceptors (Lipinski definition) is 7. The number of amides is 1. The van der Waals surface area contributed by atoms with Crippen LogP contribution in [0.2, 0.25) is 4.34 Å². The van der Waals surface area contributed by atoms with Crippen molar-refractivity contribution in [1.29, 1.82) is 0 Å². The molecule has 1 aliphatic carbocycles. The third kappa shape index (κ3) is 6.85. The normalized spacial score (nSPS) is 14.8. The molecule has 0 saturated heterocycles. The Bertz CT molecular complexity index is 1410. The fourth-order valence-electron chi connectivity index (χ4n) is 3.81. The summed E-state index contributed by atoms with van der Waals surface area (Å²) in [6.45, 7) is 2.35. The van der Waals surface area contributed by atoms with E-state index in [1.165, 1.54) is 24.3 Å². The first-order valence-electron chi connectivity index (χ1n) is 11.7. The molecule has 13 heteroatoms. The molecule has 1 amide bonds. The van der Waals surface area contributed by atoms with E-state index in [0.717, 1.165) is 23.5 Å². The number of aromatic nitrogens is 1. The largest absolute Gasteiger partial charge is 0.478 e. The topological polar surface area (TPSA) is 97.4 Å². The number of carbonyl (C=O) groups is 1. The molecule has 0 bridgehead atoms. The van der Waals surface area contributed by atoms with Crippen molar-refractivity contribution in [3.8, 4) is 17.1 Å². The number of ether oxygens (including phenoxy) is 1. The molecule has 0 spiro atoms. The Morgan fingerprint density at radius 2 is 1.87 bits per heavy atom. The molecule has 2 heterocycles. The summed E-state index contributed by atoms with van der Waals surface area (Å²) in [4.78, 5) is 17.3. The number of benzene rings is 1. The summed E-state index contributed by atoms with van der Waals surface area (Å²) >= 11 is 6.83. The van der Waals surface area contributed by atoms with Gasteiger partial charge in [0, 0.05) is 24.7 Å². The first kappa shape index (κ1) is 28.3. The molecular weight excluding hydrogens is 563 g/mol. The van der Waals surface area contributed by atoms with Crippen LogP contribution in [0.4, 0.5) is 13.2 Å². The Balaban J connectivity index is 1.40. The summed E-state index contributed by atoms with van der Waals surface area (Å²) < 4.78 is 69.8. The van der Waals surface area contributed by atoms with Crippen molar-refractivity contribution in [1.82, 2.24) is 15.6 Å². The Labute approximate surface area is 227 Å². The minimum Gasteiger partial charge on any atom is -0.478 e. The van der Waals surface area contributed by atoms with Crippen LogP contribution in [-0.2, 0) is 27.4 Å². The summed E-state index contributed by atoms with van der Waals surface area (Å²) in [5, 5.41) is 5.94. The minimum atomic E-state index is -4.44. The number of hydrogen-bond donors (Lipinski definition) is 2. The fourth-order valence-corrected chi connectivity index (χ4v) is 6.60. The zero-order valence-electron chi connectivity index (χ0n) is 20.3. The maximum atomic E-state index is 12.9. The van der Waals surface area contributed by atoms with E-state index < -0.39 is 27.1 Å². The summed E-state index contributed by atoms with van der Waals surface area (Å²) in [7, 11) is -3.51. The summed E-state index contributed by atoms with van der Waals surface area (Å²) in [5.74, 6) is -0.149. The molecular formula is C25H25ClF3N3O4S2. The molecule has 0 radical (unpaired) electrons. The molecule has 204 valence electrons. The number of halogens is 4. The van der Waals surface area contributed by atoms with Crippen LogP contribution >= 0.6 is 22.9 Å². The SMILES string of the molecule is CCOc1cc(CNC(=O)C2(NCCS(=O)(=O)c3ccc(Cl)s3)CC2)cc(-c2ccc(C(F)(F)F)cc2)n1. The second-order valence-electron chi connectivity index (χ2n) is 8.78. The number of carbonyl (C=O) groups excluding carboxylic acids is 1. The summed E-state index contributed by atoms with van der Waals surface area (Å²) in [5.41, 5.74) is -0.0643. The van der Waals surface area contributed by atoms with Crippen LogP contribution in [0, 0.1) is 0 Å². The smallest absolute Gasteiger partial charge is 0.416 e. The minimum absolute atomic E-state index is 0.104.